The Hall–Kier alpha value is -0.580. The molecule has 0 saturated carbocycles. The van der Waals surface area contributed by atoms with Crippen molar-refractivity contribution in [2.24, 2.45) is 5.73 Å². The Morgan fingerprint density at radius 3 is 2.56 bits per heavy atom. The first-order valence-corrected chi connectivity index (χ1v) is 7.13. The lowest BCUT2D eigenvalue weighted by Gasteiger charge is -2.21. The molecule has 0 radical (unpaired) electrons. The molecular weight excluding hydrogens is 289 g/mol. The molecule has 0 fully saturated rings. The van der Waals surface area contributed by atoms with Crippen LogP contribution in [0, 0.1) is 0 Å². The number of rotatable bonds is 4. The van der Waals surface area contributed by atoms with E-state index in [9.17, 15) is 5.11 Å². The summed E-state index contributed by atoms with van der Waals surface area (Å²) in [5, 5.41) is 13.3. The number of aliphatic hydroxyl groups excluding tert-OH is 1. The summed E-state index contributed by atoms with van der Waals surface area (Å²) >= 11 is 13.4. The van der Waals surface area contributed by atoms with Gasteiger partial charge in [-0.15, -0.1) is 11.3 Å². The molecule has 0 spiro atoms. The second kappa shape index (κ2) is 6.04. The molecule has 3 N–H and O–H groups in total. The molecular formula is C13H13Cl2NOS. The third kappa shape index (κ3) is 2.87. The fourth-order valence-electron chi connectivity index (χ4n) is 1.83. The lowest BCUT2D eigenvalue weighted by Crippen LogP contribution is -2.19. The van der Waals surface area contributed by atoms with Crippen molar-refractivity contribution in [2.75, 3.05) is 6.54 Å². The van der Waals surface area contributed by atoms with Gasteiger partial charge in [-0.1, -0.05) is 35.3 Å². The summed E-state index contributed by atoms with van der Waals surface area (Å²) in [5.74, 6) is -0.123. The largest absolute Gasteiger partial charge is 0.388 e. The molecule has 2 atom stereocenters. The standard InChI is InChI=1S/C13H13Cl2NOS/c14-10-4-3-8(6-11(10)15)13(17)9(7-16)12-2-1-5-18-12/h1-6,9,13,17H,7,16H2. The molecule has 5 heteroatoms. The van der Waals surface area contributed by atoms with Gasteiger partial charge >= 0.3 is 0 Å². The molecule has 0 aliphatic rings. The minimum absolute atomic E-state index is 0.123. The van der Waals surface area contributed by atoms with Gasteiger partial charge in [-0.25, -0.2) is 0 Å². The lowest BCUT2D eigenvalue weighted by atomic mass is 9.94. The van der Waals surface area contributed by atoms with Crippen molar-refractivity contribution >= 4 is 34.5 Å². The smallest absolute Gasteiger partial charge is 0.0879 e. The molecule has 1 aromatic carbocycles. The van der Waals surface area contributed by atoms with Crippen LogP contribution in [0.2, 0.25) is 10.0 Å². The number of halogens is 2. The van der Waals surface area contributed by atoms with Crippen molar-refractivity contribution in [3.63, 3.8) is 0 Å². The topological polar surface area (TPSA) is 46.2 Å². The van der Waals surface area contributed by atoms with Crippen LogP contribution in [0.1, 0.15) is 22.5 Å². The first-order chi connectivity index (χ1) is 8.63. The Labute approximate surface area is 120 Å². The molecule has 2 aromatic rings. The molecule has 0 aliphatic carbocycles. The van der Waals surface area contributed by atoms with E-state index in [1.807, 2.05) is 17.5 Å². The average molecular weight is 302 g/mol. The van der Waals surface area contributed by atoms with Gasteiger partial charge in [0, 0.05) is 17.3 Å². The first kappa shape index (κ1) is 13.8. The normalized spacial score (nSPS) is 14.4. The van der Waals surface area contributed by atoms with E-state index in [1.54, 1.807) is 29.5 Å². The first-order valence-electron chi connectivity index (χ1n) is 5.50. The van der Waals surface area contributed by atoms with E-state index >= 15 is 0 Å². The number of hydrogen-bond donors (Lipinski definition) is 2. The zero-order valence-corrected chi connectivity index (χ0v) is 11.8. The fraction of sp³-hybridized carbons (Fsp3) is 0.231. The van der Waals surface area contributed by atoms with Crippen LogP contribution < -0.4 is 5.73 Å². The van der Waals surface area contributed by atoms with E-state index < -0.39 is 6.10 Å². The summed E-state index contributed by atoms with van der Waals surface area (Å²) in [6, 6.07) is 9.07. The van der Waals surface area contributed by atoms with Crippen LogP contribution in [-0.4, -0.2) is 11.7 Å². The zero-order valence-electron chi connectivity index (χ0n) is 9.51. The maximum atomic E-state index is 10.4. The highest BCUT2D eigenvalue weighted by molar-refractivity contribution is 7.10. The molecule has 18 heavy (non-hydrogen) atoms. The number of benzene rings is 1. The lowest BCUT2D eigenvalue weighted by molar-refractivity contribution is 0.149. The van der Waals surface area contributed by atoms with Crippen LogP contribution in [0.4, 0.5) is 0 Å². The van der Waals surface area contributed by atoms with E-state index in [4.69, 9.17) is 28.9 Å². The van der Waals surface area contributed by atoms with Crippen LogP contribution in [0.3, 0.4) is 0 Å². The van der Waals surface area contributed by atoms with E-state index in [0.29, 0.717) is 16.6 Å². The second-order valence-electron chi connectivity index (χ2n) is 3.98. The molecule has 0 bridgehead atoms. The van der Waals surface area contributed by atoms with Crippen molar-refractivity contribution in [2.45, 2.75) is 12.0 Å². The average Bonchev–Trinajstić information content (AvgIpc) is 2.87. The van der Waals surface area contributed by atoms with Crippen molar-refractivity contribution in [3.05, 3.63) is 56.2 Å². The summed E-state index contributed by atoms with van der Waals surface area (Å²) in [5.41, 5.74) is 6.49. The zero-order chi connectivity index (χ0) is 13.1. The Morgan fingerprint density at radius 1 is 1.22 bits per heavy atom. The SMILES string of the molecule is NCC(c1cccs1)C(O)c1ccc(Cl)c(Cl)c1. The maximum Gasteiger partial charge on any atom is 0.0879 e. The van der Waals surface area contributed by atoms with Gasteiger partial charge in [0.25, 0.3) is 0 Å². The predicted molar refractivity (Wildman–Crippen MR) is 77.5 cm³/mol. The minimum Gasteiger partial charge on any atom is -0.388 e. The number of hydrogen-bond acceptors (Lipinski definition) is 3. The van der Waals surface area contributed by atoms with Crippen LogP contribution in [0.5, 0.6) is 0 Å². The van der Waals surface area contributed by atoms with Crippen molar-refractivity contribution in [3.8, 4) is 0 Å². The van der Waals surface area contributed by atoms with E-state index in [0.717, 1.165) is 10.4 Å². The molecule has 2 unspecified atom stereocenters. The minimum atomic E-state index is -0.677. The van der Waals surface area contributed by atoms with Gasteiger partial charge in [0.15, 0.2) is 0 Å². The summed E-state index contributed by atoms with van der Waals surface area (Å²) in [6.07, 6.45) is -0.677. The van der Waals surface area contributed by atoms with Crippen LogP contribution >= 0.6 is 34.5 Å². The molecule has 2 rings (SSSR count). The van der Waals surface area contributed by atoms with E-state index in [1.165, 1.54) is 0 Å². The Kier molecular flexibility index (Phi) is 4.65. The Bertz CT molecular complexity index is 516. The van der Waals surface area contributed by atoms with Gasteiger partial charge in [-0.3, -0.25) is 0 Å². The Morgan fingerprint density at radius 2 is 2.00 bits per heavy atom. The number of thiophene rings is 1. The molecule has 0 saturated heterocycles. The van der Waals surface area contributed by atoms with Crippen LogP contribution in [-0.2, 0) is 0 Å². The third-order valence-corrected chi connectivity index (χ3v) is 4.57. The molecule has 0 amide bonds. The summed E-state index contributed by atoms with van der Waals surface area (Å²) < 4.78 is 0. The highest BCUT2D eigenvalue weighted by Gasteiger charge is 2.22. The van der Waals surface area contributed by atoms with Gasteiger partial charge < -0.3 is 10.8 Å². The maximum absolute atomic E-state index is 10.4. The quantitative estimate of drug-likeness (QED) is 0.901. The molecule has 2 nitrogen and oxygen atoms in total. The monoisotopic (exact) mass is 301 g/mol. The molecule has 1 aromatic heterocycles. The van der Waals surface area contributed by atoms with Gasteiger partial charge in [0.05, 0.1) is 16.1 Å². The van der Waals surface area contributed by atoms with Crippen LogP contribution in [0.25, 0.3) is 0 Å². The number of aliphatic hydroxyl groups is 1. The van der Waals surface area contributed by atoms with Gasteiger partial charge in [-0.05, 0) is 29.1 Å². The second-order valence-corrected chi connectivity index (χ2v) is 5.77. The van der Waals surface area contributed by atoms with Gasteiger partial charge in [0.2, 0.25) is 0 Å². The summed E-state index contributed by atoms with van der Waals surface area (Å²) in [7, 11) is 0. The van der Waals surface area contributed by atoms with Gasteiger partial charge in [-0.2, -0.15) is 0 Å². The summed E-state index contributed by atoms with van der Waals surface area (Å²) in [6.45, 7) is 0.377. The van der Waals surface area contributed by atoms with Crippen molar-refractivity contribution in [1.82, 2.24) is 0 Å². The van der Waals surface area contributed by atoms with E-state index in [2.05, 4.69) is 0 Å². The molecule has 1 heterocycles. The predicted octanol–water partition coefficient (Wildman–Crippen LogP) is 3.83. The molecule has 96 valence electrons. The fourth-order valence-corrected chi connectivity index (χ4v) is 3.01. The number of nitrogens with two attached hydrogens (primary N) is 1. The highest BCUT2D eigenvalue weighted by atomic mass is 35.5. The third-order valence-electron chi connectivity index (χ3n) is 2.83. The van der Waals surface area contributed by atoms with Crippen molar-refractivity contribution < 1.29 is 5.11 Å². The van der Waals surface area contributed by atoms with E-state index in [-0.39, 0.29) is 5.92 Å². The summed E-state index contributed by atoms with van der Waals surface area (Å²) in [4.78, 5) is 1.07. The Balaban J connectivity index is 2.28. The van der Waals surface area contributed by atoms with Crippen LogP contribution in [0.15, 0.2) is 35.7 Å². The van der Waals surface area contributed by atoms with Crippen molar-refractivity contribution in [1.29, 1.82) is 0 Å². The molecule has 0 aliphatic heterocycles. The van der Waals surface area contributed by atoms with Gasteiger partial charge in [0.1, 0.15) is 0 Å². The highest BCUT2D eigenvalue weighted by Crippen LogP contribution is 2.35.